The van der Waals surface area contributed by atoms with Gasteiger partial charge in [-0.1, -0.05) is 17.7 Å². The summed E-state index contributed by atoms with van der Waals surface area (Å²) in [4.78, 5) is 24.5. The molecule has 0 aliphatic rings. The van der Waals surface area contributed by atoms with Gasteiger partial charge in [0.25, 0.3) is 5.76 Å². The molecule has 0 aliphatic carbocycles. The van der Waals surface area contributed by atoms with E-state index in [4.69, 9.17) is 18.6 Å². The van der Waals surface area contributed by atoms with E-state index in [2.05, 4.69) is 0 Å². The summed E-state index contributed by atoms with van der Waals surface area (Å²) in [6, 6.07) is 9.88. The zero-order valence-corrected chi connectivity index (χ0v) is 16.9. The summed E-state index contributed by atoms with van der Waals surface area (Å²) in [7, 11) is 0. The van der Waals surface area contributed by atoms with E-state index < -0.39 is 35.2 Å². The molecular weight excluding hydrogens is 417 g/mol. The molecule has 0 spiro atoms. The van der Waals surface area contributed by atoms with Crippen molar-refractivity contribution < 1.29 is 36.6 Å². The van der Waals surface area contributed by atoms with Crippen LogP contribution in [0.25, 0.3) is 11.0 Å². The molecule has 0 radical (unpaired) electrons. The monoisotopic (exact) mass is 436 g/mol. The summed E-state index contributed by atoms with van der Waals surface area (Å²) in [6.45, 7) is 5.01. The number of carbonyl (C=O) groups excluding carboxylic acids is 1. The zero-order chi connectivity index (χ0) is 22.8. The van der Waals surface area contributed by atoms with E-state index in [1.807, 2.05) is 0 Å². The molecule has 1 atom stereocenters. The maximum absolute atomic E-state index is 13.6. The number of benzene rings is 2. The van der Waals surface area contributed by atoms with E-state index in [0.29, 0.717) is 0 Å². The molecule has 0 amide bonds. The molecule has 0 bridgehead atoms. The third-order valence-corrected chi connectivity index (χ3v) is 4.25. The van der Waals surface area contributed by atoms with Gasteiger partial charge in [0, 0.05) is 6.07 Å². The van der Waals surface area contributed by atoms with E-state index in [9.17, 15) is 22.8 Å². The van der Waals surface area contributed by atoms with Gasteiger partial charge >= 0.3 is 12.1 Å². The first-order chi connectivity index (χ1) is 14.6. The molecule has 6 nitrogen and oxygen atoms in total. The normalized spacial score (nSPS) is 12.5. The van der Waals surface area contributed by atoms with Crippen LogP contribution in [-0.4, -0.2) is 18.7 Å². The average molecular weight is 436 g/mol. The van der Waals surface area contributed by atoms with E-state index in [0.717, 1.165) is 11.6 Å². The Kier molecular flexibility index (Phi) is 6.24. The van der Waals surface area contributed by atoms with E-state index >= 15 is 0 Å². The van der Waals surface area contributed by atoms with Crippen LogP contribution in [0.1, 0.15) is 25.2 Å². The number of carbonyl (C=O) groups is 1. The highest BCUT2D eigenvalue weighted by Gasteiger charge is 2.40. The standard InChI is InChI=1S/C22H19F3O6/c1-4-28-21(27)13(3)29-15-9-10-16-17(11-15)31-20(22(23,24)25)19(18(16)26)30-14-7-5-12(2)6-8-14/h5-11,13H,4H2,1-3H3/t13-/m1/s1. The third-order valence-electron chi connectivity index (χ3n) is 4.25. The molecule has 0 N–H and O–H groups in total. The molecule has 0 saturated heterocycles. The number of hydrogen-bond acceptors (Lipinski definition) is 6. The van der Waals surface area contributed by atoms with Crippen molar-refractivity contribution in [2.75, 3.05) is 6.61 Å². The molecule has 0 saturated carbocycles. The van der Waals surface area contributed by atoms with Crippen molar-refractivity contribution in [2.24, 2.45) is 0 Å². The second kappa shape index (κ2) is 8.71. The number of alkyl halides is 3. The van der Waals surface area contributed by atoms with Crippen LogP contribution < -0.4 is 14.9 Å². The van der Waals surface area contributed by atoms with Crippen molar-refractivity contribution in [3.8, 4) is 17.2 Å². The molecule has 0 fully saturated rings. The third kappa shape index (κ3) is 4.99. The minimum Gasteiger partial charge on any atom is -0.479 e. The van der Waals surface area contributed by atoms with Gasteiger partial charge in [0.2, 0.25) is 11.2 Å². The van der Waals surface area contributed by atoms with Crippen LogP contribution in [0, 0.1) is 6.92 Å². The van der Waals surface area contributed by atoms with Gasteiger partial charge in [0.15, 0.2) is 6.10 Å². The molecule has 1 aromatic heterocycles. The highest BCUT2D eigenvalue weighted by molar-refractivity contribution is 5.80. The highest BCUT2D eigenvalue weighted by atomic mass is 19.4. The van der Waals surface area contributed by atoms with Crippen LogP contribution in [-0.2, 0) is 15.7 Å². The number of esters is 1. The fourth-order valence-electron chi connectivity index (χ4n) is 2.75. The Morgan fingerprint density at radius 3 is 2.35 bits per heavy atom. The largest absolute Gasteiger partial charge is 0.479 e. The number of hydrogen-bond donors (Lipinski definition) is 0. The summed E-state index contributed by atoms with van der Waals surface area (Å²) in [5.74, 6) is -3.07. The Labute approximate surface area is 175 Å². The van der Waals surface area contributed by atoms with Crippen LogP contribution in [0.4, 0.5) is 13.2 Å². The SMILES string of the molecule is CCOC(=O)[C@@H](C)Oc1ccc2c(=O)c(Oc3ccc(C)cc3)c(C(F)(F)F)oc2c1. The van der Waals surface area contributed by atoms with Gasteiger partial charge in [0.1, 0.15) is 17.1 Å². The second-order valence-corrected chi connectivity index (χ2v) is 6.67. The summed E-state index contributed by atoms with van der Waals surface area (Å²) < 4.78 is 61.4. The zero-order valence-electron chi connectivity index (χ0n) is 16.9. The quantitative estimate of drug-likeness (QED) is 0.492. The average Bonchev–Trinajstić information content (AvgIpc) is 2.70. The van der Waals surface area contributed by atoms with Crippen molar-refractivity contribution in [1.82, 2.24) is 0 Å². The van der Waals surface area contributed by atoms with Crippen molar-refractivity contribution in [3.05, 3.63) is 64.0 Å². The van der Waals surface area contributed by atoms with Crippen molar-refractivity contribution in [1.29, 1.82) is 0 Å². The van der Waals surface area contributed by atoms with E-state index in [-0.39, 0.29) is 29.1 Å². The smallest absolute Gasteiger partial charge is 0.453 e. The first-order valence-corrected chi connectivity index (χ1v) is 9.36. The first-order valence-electron chi connectivity index (χ1n) is 9.36. The van der Waals surface area contributed by atoms with Crippen LogP contribution >= 0.6 is 0 Å². The number of fused-ring (bicyclic) bond motifs is 1. The number of ether oxygens (including phenoxy) is 3. The molecule has 3 aromatic rings. The van der Waals surface area contributed by atoms with Crippen LogP contribution in [0.5, 0.6) is 17.2 Å². The maximum Gasteiger partial charge on any atom is 0.453 e. The lowest BCUT2D eigenvalue weighted by atomic mass is 10.2. The van der Waals surface area contributed by atoms with E-state index in [1.54, 1.807) is 26.0 Å². The summed E-state index contributed by atoms with van der Waals surface area (Å²) in [6.07, 6.45) is -5.99. The molecule has 31 heavy (non-hydrogen) atoms. The topological polar surface area (TPSA) is 75.0 Å². The Hall–Kier alpha value is -3.49. The maximum atomic E-state index is 13.6. The minimum absolute atomic E-state index is 0.0385. The predicted octanol–water partition coefficient (Wildman–Crippen LogP) is 5.24. The molecule has 9 heteroatoms. The lowest BCUT2D eigenvalue weighted by Gasteiger charge is -2.15. The number of rotatable bonds is 6. The predicted molar refractivity (Wildman–Crippen MR) is 105 cm³/mol. The molecule has 1 heterocycles. The van der Waals surface area contributed by atoms with Crippen molar-refractivity contribution >= 4 is 16.9 Å². The molecular formula is C22H19F3O6. The molecule has 0 aliphatic heterocycles. The summed E-state index contributed by atoms with van der Waals surface area (Å²) >= 11 is 0. The van der Waals surface area contributed by atoms with Gasteiger partial charge in [-0.05, 0) is 45.0 Å². The second-order valence-electron chi connectivity index (χ2n) is 6.67. The Morgan fingerprint density at radius 2 is 1.74 bits per heavy atom. The Morgan fingerprint density at radius 1 is 1.10 bits per heavy atom. The lowest BCUT2D eigenvalue weighted by Crippen LogP contribution is -2.26. The first kappa shape index (κ1) is 22.2. The molecule has 164 valence electrons. The van der Waals surface area contributed by atoms with Crippen LogP contribution in [0.3, 0.4) is 0 Å². The number of aryl methyl sites for hydroxylation is 1. The number of halogens is 3. The highest BCUT2D eigenvalue weighted by Crippen LogP contribution is 2.38. The van der Waals surface area contributed by atoms with Gasteiger partial charge in [-0.3, -0.25) is 4.79 Å². The van der Waals surface area contributed by atoms with Crippen LogP contribution in [0.15, 0.2) is 51.7 Å². The van der Waals surface area contributed by atoms with Gasteiger partial charge in [0.05, 0.1) is 12.0 Å². The molecule has 0 unspecified atom stereocenters. The fourth-order valence-corrected chi connectivity index (χ4v) is 2.75. The Balaban J connectivity index is 2.05. The van der Waals surface area contributed by atoms with Gasteiger partial charge in [-0.2, -0.15) is 13.2 Å². The fraction of sp³-hybridized carbons (Fsp3) is 0.273. The summed E-state index contributed by atoms with van der Waals surface area (Å²) in [5.41, 5.74) is -0.472. The van der Waals surface area contributed by atoms with Gasteiger partial charge in [-0.15, -0.1) is 0 Å². The van der Waals surface area contributed by atoms with Gasteiger partial charge < -0.3 is 18.6 Å². The molecule has 3 rings (SSSR count). The minimum atomic E-state index is -4.98. The lowest BCUT2D eigenvalue weighted by molar-refractivity contribution is -0.154. The van der Waals surface area contributed by atoms with Crippen molar-refractivity contribution in [2.45, 2.75) is 33.1 Å². The van der Waals surface area contributed by atoms with Gasteiger partial charge in [-0.25, -0.2) is 4.79 Å². The van der Waals surface area contributed by atoms with Crippen molar-refractivity contribution in [3.63, 3.8) is 0 Å². The Bertz CT molecular complexity index is 1150. The molecule has 2 aromatic carbocycles. The van der Waals surface area contributed by atoms with Crippen LogP contribution in [0.2, 0.25) is 0 Å². The van der Waals surface area contributed by atoms with E-state index in [1.165, 1.54) is 31.2 Å². The summed E-state index contributed by atoms with van der Waals surface area (Å²) in [5, 5.41) is -0.133.